The van der Waals surface area contributed by atoms with Crippen molar-refractivity contribution in [1.82, 2.24) is 0 Å². The van der Waals surface area contributed by atoms with Gasteiger partial charge in [0.05, 0.1) is 11.2 Å². The minimum atomic E-state index is -3.71. The van der Waals surface area contributed by atoms with Gasteiger partial charge in [0.1, 0.15) is 6.61 Å². The summed E-state index contributed by atoms with van der Waals surface area (Å²) in [6.07, 6.45) is 3.12. The minimum Gasteiger partial charge on any atom is -0.485 e. The minimum absolute atomic E-state index is 0.000139. The van der Waals surface area contributed by atoms with E-state index in [2.05, 4.69) is 0 Å². The van der Waals surface area contributed by atoms with E-state index in [0.29, 0.717) is 18.1 Å². The number of fused-ring (bicyclic) bond motifs is 1. The highest BCUT2D eigenvalue weighted by molar-refractivity contribution is 7.89. The lowest BCUT2D eigenvalue weighted by Gasteiger charge is -2.07. The Morgan fingerprint density at radius 1 is 1.27 bits per heavy atom. The van der Waals surface area contributed by atoms with Crippen LogP contribution in [0.15, 0.2) is 35.4 Å². The number of rotatable bonds is 1. The molecule has 0 aliphatic carbocycles. The van der Waals surface area contributed by atoms with Gasteiger partial charge < -0.3 is 9.47 Å². The Morgan fingerprint density at radius 3 is 2.80 bits per heavy atom. The lowest BCUT2D eigenvalue weighted by atomic mass is 10.3. The molecule has 1 aromatic rings. The Balaban J connectivity index is 2.49. The second kappa shape index (κ2) is 3.56. The van der Waals surface area contributed by atoms with Crippen molar-refractivity contribution in [3.8, 4) is 11.5 Å². The van der Waals surface area contributed by atoms with Crippen LogP contribution in [0.3, 0.4) is 0 Å². The van der Waals surface area contributed by atoms with E-state index in [0.717, 1.165) is 0 Å². The second-order valence-electron chi connectivity index (χ2n) is 2.95. The number of benzene rings is 1. The number of nitrogens with two attached hydrogens (primary N) is 1. The van der Waals surface area contributed by atoms with E-state index in [4.69, 9.17) is 14.6 Å². The summed E-state index contributed by atoms with van der Waals surface area (Å²) in [5.41, 5.74) is 0. The quantitative estimate of drug-likeness (QED) is 0.762. The maximum absolute atomic E-state index is 11.1. The molecule has 0 saturated heterocycles. The molecule has 0 atom stereocenters. The third kappa shape index (κ3) is 2.11. The Bertz CT molecular complexity index is 507. The molecule has 0 amide bonds. The molecule has 0 bridgehead atoms. The molecule has 15 heavy (non-hydrogen) atoms. The third-order valence-electron chi connectivity index (χ3n) is 1.87. The maximum Gasteiger partial charge on any atom is 0.238 e. The Kier molecular flexibility index (Phi) is 2.37. The normalized spacial score (nSPS) is 14.7. The molecular formula is C9H9NO4S. The fraction of sp³-hybridized carbons (Fsp3) is 0.111. The van der Waals surface area contributed by atoms with E-state index in [-0.39, 0.29) is 4.90 Å². The molecule has 0 aromatic heterocycles. The van der Waals surface area contributed by atoms with E-state index in [9.17, 15) is 8.42 Å². The van der Waals surface area contributed by atoms with Crippen LogP contribution in [0.25, 0.3) is 0 Å². The van der Waals surface area contributed by atoms with Gasteiger partial charge in [0.15, 0.2) is 11.5 Å². The van der Waals surface area contributed by atoms with Crippen LogP contribution in [-0.4, -0.2) is 15.0 Å². The molecule has 0 radical (unpaired) electrons. The van der Waals surface area contributed by atoms with Crippen LogP contribution in [-0.2, 0) is 10.0 Å². The fourth-order valence-corrected chi connectivity index (χ4v) is 1.70. The van der Waals surface area contributed by atoms with E-state index in [1.165, 1.54) is 24.5 Å². The lowest BCUT2D eigenvalue weighted by Crippen LogP contribution is -2.12. The van der Waals surface area contributed by atoms with Gasteiger partial charge >= 0.3 is 0 Å². The molecule has 0 fully saturated rings. The summed E-state index contributed by atoms with van der Waals surface area (Å²) in [7, 11) is -3.71. The third-order valence-corrected chi connectivity index (χ3v) is 2.78. The van der Waals surface area contributed by atoms with Crippen LogP contribution < -0.4 is 14.6 Å². The fourth-order valence-electron chi connectivity index (χ4n) is 1.18. The number of hydrogen-bond acceptors (Lipinski definition) is 4. The number of primary sulfonamides is 1. The van der Waals surface area contributed by atoms with Crippen molar-refractivity contribution in [2.24, 2.45) is 5.14 Å². The van der Waals surface area contributed by atoms with Crippen molar-refractivity contribution in [3.05, 3.63) is 30.5 Å². The van der Waals surface area contributed by atoms with Crippen molar-refractivity contribution >= 4 is 10.0 Å². The smallest absolute Gasteiger partial charge is 0.238 e. The van der Waals surface area contributed by atoms with Gasteiger partial charge in [-0.3, -0.25) is 0 Å². The van der Waals surface area contributed by atoms with Crippen LogP contribution in [0.4, 0.5) is 0 Å². The van der Waals surface area contributed by atoms with Gasteiger partial charge in [-0.2, -0.15) is 0 Å². The zero-order valence-electron chi connectivity index (χ0n) is 7.71. The van der Waals surface area contributed by atoms with Gasteiger partial charge in [0.25, 0.3) is 0 Å². The van der Waals surface area contributed by atoms with Crippen molar-refractivity contribution in [3.63, 3.8) is 0 Å². The molecule has 0 saturated carbocycles. The van der Waals surface area contributed by atoms with Crippen molar-refractivity contribution in [2.75, 3.05) is 6.61 Å². The molecular weight excluding hydrogens is 218 g/mol. The summed E-state index contributed by atoms with van der Waals surface area (Å²) in [6.45, 7) is 0.391. The van der Waals surface area contributed by atoms with Gasteiger partial charge in [0, 0.05) is 6.07 Å². The SMILES string of the molecule is NS(=O)(=O)c1ccc2c(c1)OC=CCO2. The van der Waals surface area contributed by atoms with Crippen molar-refractivity contribution in [1.29, 1.82) is 0 Å². The highest BCUT2D eigenvalue weighted by Crippen LogP contribution is 2.31. The highest BCUT2D eigenvalue weighted by Gasteiger charge is 2.13. The molecule has 1 aromatic carbocycles. The molecule has 1 aliphatic rings. The number of sulfonamides is 1. The summed E-state index contributed by atoms with van der Waals surface area (Å²) in [6, 6.07) is 4.23. The lowest BCUT2D eigenvalue weighted by molar-refractivity contribution is 0.356. The van der Waals surface area contributed by atoms with Gasteiger partial charge in [-0.1, -0.05) is 0 Å². The summed E-state index contributed by atoms with van der Waals surface area (Å²) in [5, 5.41) is 4.99. The predicted octanol–water partition coefficient (Wildman–Crippen LogP) is 0.619. The average Bonchev–Trinajstić information content (AvgIpc) is 2.39. The van der Waals surface area contributed by atoms with Gasteiger partial charge in [0.2, 0.25) is 10.0 Å². The van der Waals surface area contributed by atoms with Gasteiger partial charge in [-0.05, 0) is 18.2 Å². The zero-order valence-corrected chi connectivity index (χ0v) is 8.53. The zero-order chi connectivity index (χ0) is 10.9. The summed E-state index contributed by atoms with van der Waals surface area (Å²) < 4.78 is 32.6. The van der Waals surface area contributed by atoms with Crippen LogP contribution in [0.5, 0.6) is 11.5 Å². The molecule has 1 heterocycles. The molecule has 2 N–H and O–H groups in total. The summed E-state index contributed by atoms with van der Waals surface area (Å²) in [4.78, 5) is 0.000139. The number of ether oxygens (including phenoxy) is 2. The van der Waals surface area contributed by atoms with Crippen LogP contribution in [0, 0.1) is 0 Å². The van der Waals surface area contributed by atoms with Crippen molar-refractivity contribution in [2.45, 2.75) is 4.90 Å². The van der Waals surface area contributed by atoms with Crippen molar-refractivity contribution < 1.29 is 17.9 Å². The maximum atomic E-state index is 11.1. The van der Waals surface area contributed by atoms with Crippen LogP contribution in [0.2, 0.25) is 0 Å². The highest BCUT2D eigenvalue weighted by atomic mass is 32.2. The van der Waals surface area contributed by atoms with Gasteiger partial charge in [-0.15, -0.1) is 0 Å². The predicted molar refractivity (Wildman–Crippen MR) is 53.1 cm³/mol. The largest absolute Gasteiger partial charge is 0.485 e. The van der Waals surface area contributed by atoms with E-state index in [1.54, 1.807) is 6.08 Å². The molecule has 80 valence electrons. The monoisotopic (exact) mass is 227 g/mol. The van der Waals surface area contributed by atoms with Crippen LogP contribution >= 0.6 is 0 Å². The molecule has 0 spiro atoms. The molecule has 5 nitrogen and oxygen atoms in total. The molecule has 6 heteroatoms. The first kappa shape index (κ1) is 10.0. The topological polar surface area (TPSA) is 78.6 Å². The van der Waals surface area contributed by atoms with E-state index < -0.39 is 10.0 Å². The Labute approximate surface area is 87.2 Å². The van der Waals surface area contributed by atoms with E-state index >= 15 is 0 Å². The first-order chi connectivity index (χ1) is 7.07. The summed E-state index contributed by atoms with van der Waals surface area (Å²) >= 11 is 0. The standard InChI is InChI=1S/C9H9NO4S/c10-15(11,12)7-2-3-8-9(6-7)14-5-1-4-13-8/h1-3,5-6H,4H2,(H2,10,11,12). The Morgan fingerprint density at radius 2 is 2.07 bits per heavy atom. The Hall–Kier alpha value is -1.53. The first-order valence-corrected chi connectivity index (χ1v) is 5.73. The average molecular weight is 227 g/mol. The number of hydrogen-bond donors (Lipinski definition) is 1. The molecule has 2 rings (SSSR count). The summed E-state index contributed by atoms with van der Waals surface area (Å²) in [5.74, 6) is 0.836. The van der Waals surface area contributed by atoms with E-state index in [1.807, 2.05) is 0 Å². The second-order valence-corrected chi connectivity index (χ2v) is 4.52. The van der Waals surface area contributed by atoms with Gasteiger partial charge in [-0.25, -0.2) is 13.6 Å². The van der Waals surface area contributed by atoms with Crippen LogP contribution in [0.1, 0.15) is 0 Å². The molecule has 0 unspecified atom stereocenters. The molecule has 1 aliphatic heterocycles. The first-order valence-electron chi connectivity index (χ1n) is 4.19.